The lowest BCUT2D eigenvalue weighted by molar-refractivity contribution is 0.266. The first-order chi connectivity index (χ1) is 8.28. The van der Waals surface area contributed by atoms with E-state index in [1.54, 1.807) is 0 Å². The van der Waals surface area contributed by atoms with E-state index in [0.29, 0.717) is 5.82 Å². The van der Waals surface area contributed by atoms with Crippen LogP contribution in [0.2, 0.25) is 0 Å². The maximum Gasteiger partial charge on any atom is 0.158 e. The standard InChI is InChI=1S/C13H15N3O/c1-16-11(9-17)14-15-12(16)13(7-8-13)10-5-3-2-4-6-10/h2-6,17H,7-9H2,1H3. The molecule has 0 atom stereocenters. The van der Waals surface area contributed by atoms with Gasteiger partial charge in [-0.05, 0) is 18.4 Å². The van der Waals surface area contributed by atoms with Crippen molar-refractivity contribution in [1.29, 1.82) is 0 Å². The topological polar surface area (TPSA) is 50.9 Å². The van der Waals surface area contributed by atoms with Gasteiger partial charge in [0.2, 0.25) is 0 Å². The second-order valence-electron chi connectivity index (χ2n) is 4.61. The van der Waals surface area contributed by atoms with Crippen molar-refractivity contribution >= 4 is 0 Å². The van der Waals surface area contributed by atoms with Gasteiger partial charge in [-0.25, -0.2) is 0 Å². The third-order valence-corrected chi connectivity index (χ3v) is 3.61. The maximum atomic E-state index is 9.17. The van der Waals surface area contributed by atoms with E-state index in [9.17, 15) is 0 Å². The Morgan fingerprint density at radius 1 is 1.24 bits per heavy atom. The molecule has 1 fully saturated rings. The number of aromatic nitrogens is 3. The number of rotatable bonds is 3. The Bertz CT molecular complexity index is 529. The molecule has 2 aromatic rings. The second-order valence-corrected chi connectivity index (χ2v) is 4.61. The van der Waals surface area contributed by atoms with E-state index in [1.807, 2.05) is 17.7 Å². The molecule has 17 heavy (non-hydrogen) atoms. The smallest absolute Gasteiger partial charge is 0.158 e. The first-order valence-corrected chi connectivity index (χ1v) is 5.83. The molecule has 1 aromatic carbocycles. The first kappa shape index (κ1) is 10.5. The van der Waals surface area contributed by atoms with Crippen LogP contribution in [0.15, 0.2) is 30.3 Å². The van der Waals surface area contributed by atoms with Crippen LogP contribution in [-0.4, -0.2) is 19.9 Å². The number of hydrogen-bond acceptors (Lipinski definition) is 3. The first-order valence-electron chi connectivity index (χ1n) is 5.83. The lowest BCUT2D eigenvalue weighted by atomic mass is 9.95. The van der Waals surface area contributed by atoms with Crippen molar-refractivity contribution in [2.24, 2.45) is 7.05 Å². The number of aliphatic hydroxyl groups excluding tert-OH is 1. The van der Waals surface area contributed by atoms with E-state index >= 15 is 0 Å². The van der Waals surface area contributed by atoms with Crippen LogP contribution in [0.1, 0.15) is 30.1 Å². The van der Waals surface area contributed by atoms with Crippen molar-refractivity contribution in [3.63, 3.8) is 0 Å². The van der Waals surface area contributed by atoms with E-state index < -0.39 is 0 Å². The van der Waals surface area contributed by atoms with E-state index in [-0.39, 0.29) is 12.0 Å². The average Bonchev–Trinajstić information content (AvgIpc) is 3.09. The van der Waals surface area contributed by atoms with E-state index in [1.165, 1.54) is 5.56 Å². The van der Waals surface area contributed by atoms with Gasteiger partial charge in [0.1, 0.15) is 12.4 Å². The summed E-state index contributed by atoms with van der Waals surface area (Å²) >= 11 is 0. The second kappa shape index (κ2) is 3.67. The number of hydrogen-bond donors (Lipinski definition) is 1. The molecule has 0 saturated heterocycles. The van der Waals surface area contributed by atoms with Gasteiger partial charge in [-0.1, -0.05) is 30.3 Å². The highest BCUT2D eigenvalue weighted by atomic mass is 16.3. The Kier molecular flexibility index (Phi) is 2.26. The predicted octanol–water partition coefficient (Wildman–Crippen LogP) is 1.39. The Morgan fingerprint density at radius 3 is 2.47 bits per heavy atom. The largest absolute Gasteiger partial charge is 0.388 e. The maximum absolute atomic E-state index is 9.17. The number of benzene rings is 1. The van der Waals surface area contributed by atoms with E-state index in [0.717, 1.165) is 18.7 Å². The molecule has 1 aliphatic carbocycles. The molecule has 3 rings (SSSR count). The predicted molar refractivity (Wildman–Crippen MR) is 63.4 cm³/mol. The summed E-state index contributed by atoms with van der Waals surface area (Å²) in [4.78, 5) is 0. The fourth-order valence-electron chi connectivity index (χ4n) is 2.44. The molecule has 0 amide bonds. The summed E-state index contributed by atoms with van der Waals surface area (Å²) < 4.78 is 1.92. The molecule has 88 valence electrons. The van der Waals surface area contributed by atoms with Crippen molar-refractivity contribution in [2.75, 3.05) is 0 Å². The Balaban J connectivity index is 2.07. The molecule has 1 aliphatic rings. The van der Waals surface area contributed by atoms with Crippen LogP contribution in [0.4, 0.5) is 0 Å². The molecule has 4 heteroatoms. The fraction of sp³-hybridized carbons (Fsp3) is 0.385. The molecule has 1 aromatic heterocycles. The molecule has 0 radical (unpaired) electrons. The minimum atomic E-state index is -0.0611. The van der Waals surface area contributed by atoms with Gasteiger partial charge in [0, 0.05) is 7.05 Å². The van der Waals surface area contributed by atoms with Gasteiger partial charge in [0.05, 0.1) is 5.41 Å². The van der Waals surface area contributed by atoms with Crippen LogP contribution >= 0.6 is 0 Å². The van der Waals surface area contributed by atoms with Gasteiger partial charge < -0.3 is 9.67 Å². The van der Waals surface area contributed by atoms with Crippen molar-refractivity contribution in [3.8, 4) is 0 Å². The highest BCUT2D eigenvalue weighted by molar-refractivity contribution is 5.39. The van der Waals surface area contributed by atoms with Crippen molar-refractivity contribution in [3.05, 3.63) is 47.5 Å². The highest BCUT2D eigenvalue weighted by Gasteiger charge is 2.49. The molecule has 0 bridgehead atoms. The molecule has 0 aliphatic heterocycles. The molecule has 1 N–H and O–H groups in total. The van der Waals surface area contributed by atoms with E-state index in [4.69, 9.17) is 5.11 Å². The minimum Gasteiger partial charge on any atom is -0.388 e. The lowest BCUT2D eigenvalue weighted by Crippen LogP contribution is -2.15. The number of nitrogens with zero attached hydrogens (tertiary/aromatic N) is 3. The van der Waals surface area contributed by atoms with Crippen LogP contribution in [0, 0.1) is 0 Å². The van der Waals surface area contributed by atoms with Crippen LogP contribution in [0.3, 0.4) is 0 Å². The molecule has 0 unspecified atom stereocenters. The Labute approximate surface area is 99.9 Å². The summed E-state index contributed by atoms with van der Waals surface area (Å²) in [5, 5.41) is 17.4. The van der Waals surface area contributed by atoms with Crippen LogP contribution in [0.25, 0.3) is 0 Å². The molecular formula is C13H15N3O. The van der Waals surface area contributed by atoms with Crippen LogP contribution in [0.5, 0.6) is 0 Å². The van der Waals surface area contributed by atoms with Gasteiger partial charge in [-0.2, -0.15) is 0 Å². The average molecular weight is 229 g/mol. The molecule has 0 spiro atoms. The Hall–Kier alpha value is -1.68. The van der Waals surface area contributed by atoms with E-state index in [2.05, 4.69) is 34.5 Å². The summed E-state index contributed by atoms with van der Waals surface area (Å²) in [5.41, 5.74) is 1.32. The highest BCUT2D eigenvalue weighted by Crippen LogP contribution is 2.52. The van der Waals surface area contributed by atoms with Crippen molar-refractivity contribution < 1.29 is 5.11 Å². The van der Waals surface area contributed by atoms with Crippen molar-refractivity contribution in [2.45, 2.75) is 24.9 Å². The van der Waals surface area contributed by atoms with Gasteiger partial charge in [0.25, 0.3) is 0 Å². The molecule has 1 heterocycles. The zero-order chi connectivity index (χ0) is 11.9. The normalized spacial score (nSPS) is 17.1. The third kappa shape index (κ3) is 1.48. The van der Waals surface area contributed by atoms with Gasteiger partial charge in [0.15, 0.2) is 5.82 Å². The summed E-state index contributed by atoms with van der Waals surface area (Å²) in [6, 6.07) is 10.4. The van der Waals surface area contributed by atoms with Crippen molar-refractivity contribution in [1.82, 2.24) is 14.8 Å². The van der Waals surface area contributed by atoms with Gasteiger partial charge in [-0.3, -0.25) is 0 Å². The third-order valence-electron chi connectivity index (χ3n) is 3.61. The lowest BCUT2D eigenvalue weighted by Gasteiger charge is -2.14. The van der Waals surface area contributed by atoms with Gasteiger partial charge in [-0.15, -0.1) is 10.2 Å². The molecular weight excluding hydrogens is 214 g/mol. The summed E-state index contributed by atoms with van der Waals surface area (Å²) in [5.74, 6) is 1.59. The summed E-state index contributed by atoms with van der Waals surface area (Å²) in [6.45, 7) is -0.0611. The van der Waals surface area contributed by atoms with Gasteiger partial charge >= 0.3 is 0 Å². The summed E-state index contributed by atoms with van der Waals surface area (Å²) in [7, 11) is 1.92. The quantitative estimate of drug-likeness (QED) is 0.865. The minimum absolute atomic E-state index is 0.0242. The zero-order valence-corrected chi connectivity index (χ0v) is 9.80. The summed E-state index contributed by atoms with van der Waals surface area (Å²) in [6.07, 6.45) is 2.21. The molecule has 1 saturated carbocycles. The monoisotopic (exact) mass is 229 g/mol. The van der Waals surface area contributed by atoms with Crippen LogP contribution < -0.4 is 0 Å². The van der Waals surface area contributed by atoms with Crippen LogP contribution in [-0.2, 0) is 19.1 Å². The zero-order valence-electron chi connectivity index (χ0n) is 9.80. The fourth-order valence-corrected chi connectivity index (χ4v) is 2.44. The number of aliphatic hydroxyl groups is 1. The molecule has 4 nitrogen and oxygen atoms in total. The Morgan fingerprint density at radius 2 is 1.94 bits per heavy atom. The SMILES string of the molecule is Cn1c(CO)nnc1C1(c2ccccc2)CC1.